The number of rotatable bonds is 6. The first-order chi connectivity index (χ1) is 12.6. The second kappa shape index (κ2) is 8.73. The van der Waals surface area contributed by atoms with Gasteiger partial charge in [0.1, 0.15) is 11.6 Å². The van der Waals surface area contributed by atoms with Crippen molar-refractivity contribution in [2.45, 2.75) is 0 Å². The maximum absolute atomic E-state index is 13.6. The molecule has 2 aromatic rings. The molecule has 1 fully saturated rings. The molecule has 0 saturated carbocycles. The number of ether oxygens (including phenoxy) is 1. The number of hydrogen-bond acceptors (Lipinski definition) is 4. The fourth-order valence-electron chi connectivity index (χ4n) is 2.72. The summed E-state index contributed by atoms with van der Waals surface area (Å²) < 4.78 is 31.9. The van der Waals surface area contributed by atoms with Gasteiger partial charge in [0.05, 0.1) is 0 Å². The first-order valence-electron chi connectivity index (χ1n) is 8.56. The lowest BCUT2D eigenvalue weighted by Crippen LogP contribution is -2.46. The third-order valence-corrected chi connectivity index (χ3v) is 4.16. The summed E-state index contributed by atoms with van der Waals surface area (Å²) >= 11 is 0. The number of amides is 1. The van der Waals surface area contributed by atoms with E-state index in [0.29, 0.717) is 17.9 Å². The summed E-state index contributed by atoms with van der Waals surface area (Å²) in [5, 5.41) is 6.17. The Kier molecular flexibility index (Phi) is 6.14. The van der Waals surface area contributed by atoms with Gasteiger partial charge in [-0.25, -0.2) is 8.78 Å². The molecular formula is C19H21F2N3O2. The van der Waals surface area contributed by atoms with E-state index in [9.17, 15) is 13.6 Å². The van der Waals surface area contributed by atoms with Crippen molar-refractivity contribution in [1.29, 1.82) is 0 Å². The zero-order chi connectivity index (χ0) is 18.4. The van der Waals surface area contributed by atoms with Crippen LogP contribution in [-0.2, 0) is 0 Å². The van der Waals surface area contributed by atoms with Crippen LogP contribution in [0.5, 0.6) is 11.5 Å². The van der Waals surface area contributed by atoms with E-state index in [-0.39, 0.29) is 11.7 Å². The Labute approximate surface area is 151 Å². The van der Waals surface area contributed by atoms with Gasteiger partial charge in [-0.2, -0.15) is 0 Å². The van der Waals surface area contributed by atoms with Gasteiger partial charge in [0, 0.05) is 50.9 Å². The van der Waals surface area contributed by atoms with E-state index in [1.165, 1.54) is 6.07 Å². The van der Waals surface area contributed by atoms with E-state index >= 15 is 0 Å². The number of carbonyl (C=O) groups excluding carboxylic acids is 1. The molecule has 3 rings (SSSR count). The van der Waals surface area contributed by atoms with E-state index in [1.807, 2.05) is 0 Å². The molecule has 0 radical (unpaired) electrons. The van der Waals surface area contributed by atoms with Gasteiger partial charge < -0.3 is 15.4 Å². The van der Waals surface area contributed by atoms with Crippen LogP contribution in [-0.4, -0.2) is 50.1 Å². The largest absolute Gasteiger partial charge is 0.454 e. The predicted octanol–water partition coefficient (Wildman–Crippen LogP) is 2.39. The lowest BCUT2D eigenvalue weighted by Gasteiger charge is -2.27. The van der Waals surface area contributed by atoms with Crippen molar-refractivity contribution >= 4 is 5.91 Å². The molecule has 5 nitrogen and oxygen atoms in total. The summed E-state index contributed by atoms with van der Waals surface area (Å²) in [5.41, 5.74) is 0.497. The molecule has 138 valence electrons. The zero-order valence-corrected chi connectivity index (χ0v) is 14.3. The summed E-state index contributed by atoms with van der Waals surface area (Å²) in [6.07, 6.45) is 0. The van der Waals surface area contributed by atoms with Gasteiger partial charge in [-0.3, -0.25) is 9.69 Å². The number of nitrogens with one attached hydrogen (secondary N) is 2. The molecule has 2 N–H and O–H groups in total. The normalized spacial score (nSPS) is 14.8. The van der Waals surface area contributed by atoms with Crippen molar-refractivity contribution in [3.8, 4) is 11.5 Å². The molecule has 0 bridgehead atoms. The summed E-state index contributed by atoms with van der Waals surface area (Å²) in [7, 11) is 0. The predicted molar refractivity (Wildman–Crippen MR) is 94.5 cm³/mol. The maximum Gasteiger partial charge on any atom is 0.251 e. The van der Waals surface area contributed by atoms with Crippen molar-refractivity contribution < 1.29 is 18.3 Å². The lowest BCUT2D eigenvalue weighted by molar-refractivity contribution is 0.0947. The Balaban J connectivity index is 1.50. The van der Waals surface area contributed by atoms with Crippen molar-refractivity contribution in [3.63, 3.8) is 0 Å². The second-order valence-corrected chi connectivity index (χ2v) is 6.05. The van der Waals surface area contributed by atoms with E-state index in [2.05, 4.69) is 15.5 Å². The van der Waals surface area contributed by atoms with Gasteiger partial charge in [0.25, 0.3) is 5.91 Å². The van der Waals surface area contributed by atoms with Crippen LogP contribution in [0.25, 0.3) is 0 Å². The number of halogens is 2. The molecule has 0 aliphatic carbocycles. The van der Waals surface area contributed by atoms with Crippen molar-refractivity contribution in [1.82, 2.24) is 15.5 Å². The minimum atomic E-state index is -0.778. The number of hydrogen-bond donors (Lipinski definition) is 2. The molecule has 1 heterocycles. The zero-order valence-electron chi connectivity index (χ0n) is 14.3. The molecular weight excluding hydrogens is 340 g/mol. The van der Waals surface area contributed by atoms with Crippen LogP contribution in [0.3, 0.4) is 0 Å². The van der Waals surface area contributed by atoms with Crippen LogP contribution in [0.4, 0.5) is 8.78 Å². The minimum Gasteiger partial charge on any atom is -0.454 e. The van der Waals surface area contributed by atoms with Gasteiger partial charge in [-0.1, -0.05) is 0 Å². The average molecular weight is 361 g/mol. The molecule has 0 atom stereocenters. The van der Waals surface area contributed by atoms with Crippen molar-refractivity contribution in [2.24, 2.45) is 0 Å². The highest BCUT2D eigenvalue weighted by Crippen LogP contribution is 2.25. The van der Waals surface area contributed by atoms with Crippen LogP contribution in [0.1, 0.15) is 10.4 Å². The SMILES string of the molecule is O=C(NCCN1CCNCC1)c1ccc(Oc2ccc(F)cc2F)cc1. The van der Waals surface area contributed by atoms with Crippen LogP contribution < -0.4 is 15.4 Å². The smallest absolute Gasteiger partial charge is 0.251 e. The molecule has 0 unspecified atom stereocenters. The third kappa shape index (κ3) is 5.00. The Bertz CT molecular complexity index is 747. The monoisotopic (exact) mass is 361 g/mol. The quantitative estimate of drug-likeness (QED) is 0.830. The average Bonchev–Trinajstić information content (AvgIpc) is 2.65. The van der Waals surface area contributed by atoms with E-state index < -0.39 is 11.6 Å². The van der Waals surface area contributed by atoms with Crippen LogP contribution in [0, 0.1) is 11.6 Å². The molecule has 1 saturated heterocycles. The number of nitrogens with zero attached hydrogens (tertiary/aromatic N) is 1. The third-order valence-electron chi connectivity index (χ3n) is 4.16. The second-order valence-electron chi connectivity index (χ2n) is 6.05. The number of piperazine rings is 1. The van der Waals surface area contributed by atoms with E-state index in [0.717, 1.165) is 44.9 Å². The molecule has 26 heavy (non-hydrogen) atoms. The fraction of sp³-hybridized carbons (Fsp3) is 0.316. The summed E-state index contributed by atoms with van der Waals surface area (Å²) in [6, 6.07) is 9.48. The van der Waals surface area contributed by atoms with Gasteiger partial charge in [-0.05, 0) is 36.4 Å². The van der Waals surface area contributed by atoms with Crippen LogP contribution in [0.2, 0.25) is 0 Å². The fourth-order valence-corrected chi connectivity index (χ4v) is 2.72. The lowest BCUT2D eigenvalue weighted by atomic mass is 10.2. The standard InChI is InChI=1S/C19H21F2N3O2/c20-15-3-6-18(17(21)13-15)26-16-4-1-14(2-5-16)19(25)23-9-12-24-10-7-22-8-11-24/h1-6,13,22H,7-12H2,(H,23,25). The molecule has 0 spiro atoms. The first-order valence-corrected chi connectivity index (χ1v) is 8.56. The number of carbonyl (C=O) groups is 1. The Morgan fingerprint density at radius 1 is 1.12 bits per heavy atom. The van der Waals surface area contributed by atoms with Gasteiger partial charge in [0.15, 0.2) is 11.6 Å². The Morgan fingerprint density at radius 3 is 2.54 bits per heavy atom. The van der Waals surface area contributed by atoms with Crippen molar-refractivity contribution in [3.05, 3.63) is 59.7 Å². The van der Waals surface area contributed by atoms with E-state index in [1.54, 1.807) is 24.3 Å². The van der Waals surface area contributed by atoms with Gasteiger partial charge in [0.2, 0.25) is 0 Å². The molecule has 1 amide bonds. The highest BCUT2D eigenvalue weighted by Gasteiger charge is 2.11. The highest BCUT2D eigenvalue weighted by molar-refractivity contribution is 5.94. The highest BCUT2D eigenvalue weighted by atomic mass is 19.1. The summed E-state index contributed by atoms with van der Waals surface area (Å²) in [4.78, 5) is 14.5. The Hall–Kier alpha value is -2.51. The molecule has 2 aromatic carbocycles. The first kappa shape index (κ1) is 18.3. The maximum atomic E-state index is 13.6. The topological polar surface area (TPSA) is 53.6 Å². The minimum absolute atomic E-state index is 0.0698. The van der Waals surface area contributed by atoms with Crippen molar-refractivity contribution in [2.75, 3.05) is 39.3 Å². The Morgan fingerprint density at radius 2 is 1.85 bits per heavy atom. The molecule has 1 aliphatic rings. The van der Waals surface area contributed by atoms with Crippen LogP contribution in [0.15, 0.2) is 42.5 Å². The molecule has 0 aromatic heterocycles. The molecule has 1 aliphatic heterocycles. The summed E-state index contributed by atoms with van der Waals surface area (Å²) in [6.45, 7) is 5.33. The van der Waals surface area contributed by atoms with Gasteiger partial charge >= 0.3 is 0 Å². The summed E-state index contributed by atoms with van der Waals surface area (Å²) in [5.74, 6) is -1.31. The van der Waals surface area contributed by atoms with E-state index in [4.69, 9.17) is 4.74 Å². The van der Waals surface area contributed by atoms with Gasteiger partial charge in [-0.15, -0.1) is 0 Å². The molecule has 7 heteroatoms. The van der Waals surface area contributed by atoms with Crippen LogP contribution >= 0.6 is 0 Å². The number of benzene rings is 2.